The number of nitrogen functional groups attached to an aromatic ring is 1. The second-order valence-electron chi connectivity index (χ2n) is 5.07. The highest BCUT2D eigenvalue weighted by molar-refractivity contribution is 7.92. The van der Waals surface area contributed by atoms with Gasteiger partial charge in [0.2, 0.25) is 0 Å². The summed E-state index contributed by atoms with van der Waals surface area (Å²) in [6, 6.07) is 11.0. The van der Waals surface area contributed by atoms with E-state index in [0.29, 0.717) is 5.69 Å². The Morgan fingerprint density at radius 1 is 1.14 bits per heavy atom. The number of hydrogen-bond donors (Lipinski definition) is 3. The Morgan fingerprint density at radius 2 is 1.81 bits per heavy atom. The first-order chi connectivity index (χ1) is 9.81. The molecule has 5 nitrogen and oxygen atoms in total. The van der Waals surface area contributed by atoms with Gasteiger partial charge in [0.1, 0.15) is 5.75 Å². The van der Waals surface area contributed by atoms with Crippen molar-refractivity contribution in [1.29, 1.82) is 0 Å². The van der Waals surface area contributed by atoms with E-state index in [4.69, 9.17) is 5.73 Å². The molecular weight excluding hydrogens is 288 g/mol. The van der Waals surface area contributed by atoms with Crippen molar-refractivity contribution in [3.05, 3.63) is 48.0 Å². The van der Waals surface area contributed by atoms with E-state index in [1.54, 1.807) is 12.1 Å². The van der Waals surface area contributed by atoms with E-state index in [-0.39, 0.29) is 22.3 Å². The number of hydrogen-bond acceptors (Lipinski definition) is 4. The molecule has 0 heterocycles. The largest absolute Gasteiger partial charge is 0.506 e. The van der Waals surface area contributed by atoms with Crippen LogP contribution >= 0.6 is 0 Å². The van der Waals surface area contributed by atoms with Crippen molar-refractivity contribution in [1.82, 2.24) is 0 Å². The first-order valence-electron chi connectivity index (χ1n) is 6.51. The summed E-state index contributed by atoms with van der Waals surface area (Å²) in [5, 5.41) is 9.38. The Bertz CT molecular complexity index is 755. The molecule has 0 aliphatic rings. The molecule has 0 fully saturated rings. The van der Waals surface area contributed by atoms with Crippen LogP contribution in [-0.4, -0.2) is 13.5 Å². The van der Waals surface area contributed by atoms with Crippen molar-refractivity contribution in [2.75, 3.05) is 10.5 Å². The van der Waals surface area contributed by atoms with Gasteiger partial charge in [-0.05, 0) is 35.7 Å². The third kappa shape index (κ3) is 3.28. The minimum atomic E-state index is -3.75. The zero-order valence-electron chi connectivity index (χ0n) is 11.9. The van der Waals surface area contributed by atoms with E-state index in [1.165, 1.54) is 18.2 Å². The Balaban J connectivity index is 2.40. The highest BCUT2D eigenvalue weighted by Gasteiger charge is 2.17. The maximum absolute atomic E-state index is 12.4. The molecule has 0 atom stereocenters. The summed E-state index contributed by atoms with van der Waals surface area (Å²) in [5.74, 6) is 0.0466. The van der Waals surface area contributed by atoms with Crippen LogP contribution in [0.15, 0.2) is 47.4 Å². The van der Waals surface area contributed by atoms with Crippen LogP contribution < -0.4 is 10.5 Å². The van der Waals surface area contributed by atoms with E-state index in [9.17, 15) is 13.5 Å². The van der Waals surface area contributed by atoms with Gasteiger partial charge in [0, 0.05) is 0 Å². The van der Waals surface area contributed by atoms with Gasteiger partial charge in [-0.2, -0.15) is 0 Å². The monoisotopic (exact) mass is 306 g/mol. The van der Waals surface area contributed by atoms with Gasteiger partial charge in [0.05, 0.1) is 16.3 Å². The fraction of sp³-hybridized carbons (Fsp3) is 0.200. The van der Waals surface area contributed by atoms with Gasteiger partial charge in [-0.3, -0.25) is 4.72 Å². The first kappa shape index (κ1) is 15.2. The van der Waals surface area contributed by atoms with Crippen LogP contribution in [0.1, 0.15) is 25.3 Å². The third-order valence-corrected chi connectivity index (χ3v) is 4.50. The van der Waals surface area contributed by atoms with Crippen LogP contribution in [0.2, 0.25) is 0 Å². The number of phenolic OH excluding ortho intramolecular Hbond substituents is 1. The highest BCUT2D eigenvalue weighted by atomic mass is 32.2. The van der Waals surface area contributed by atoms with Crippen molar-refractivity contribution in [2.24, 2.45) is 0 Å². The zero-order chi connectivity index (χ0) is 15.6. The lowest BCUT2D eigenvalue weighted by Gasteiger charge is -2.15. The molecule has 4 N–H and O–H groups in total. The molecule has 0 aliphatic heterocycles. The molecule has 112 valence electrons. The number of para-hydroxylation sites is 1. The molecule has 0 aliphatic carbocycles. The van der Waals surface area contributed by atoms with Gasteiger partial charge >= 0.3 is 0 Å². The second kappa shape index (κ2) is 5.65. The zero-order valence-corrected chi connectivity index (χ0v) is 12.7. The second-order valence-corrected chi connectivity index (χ2v) is 6.75. The molecule has 0 radical (unpaired) electrons. The van der Waals surface area contributed by atoms with Crippen LogP contribution in [-0.2, 0) is 10.0 Å². The first-order valence-corrected chi connectivity index (χ1v) is 8.00. The van der Waals surface area contributed by atoms with Gasteiger partial charge in [0.25, 0.3) is 10.0 Å². The molecule has 2 aromatic carbocycles. The predicted octanol–water partition coefficient (Wildman–Crippen LogP) is 2.90. The molecule has 6 heteroatoms. The van der Waals surface area contributed by atoms with E-state index in [0.717, 1.165) is 5.56 Å². The topological polar surface area (TPSA) is 92.4 Å². The Hall–Kier alpha value is -2.21. The van der Waals surface area contributed by atoms with Crippen LogP contribution in [0.25, 0.3) is 0 Å². The molecule has 2 rings (SSSR count). The van der Waals surface area contributed by atoms with Crippen molar-refractivity contribution in [3.63, 3.8) is 0 Å². The Kier molecular flexibility index (Phi) is 4.09. The Labute approximate surface area is 124 Å². The van der Waals surface area contributed by atoms with Gasteiger partial charge in [0.15, 0.2) is 0 Å². The maximum atomic E-state index is 12.4. The number of nitrogens with one attached hydrogen (secondary N) is 1. The molecule has 21 heavy (non-hydrogen) atoms. The number of sulfonamides is 1. The number of rotatable bonds is 4. The van der Waals surface area contributed by atoms with E-state index in [1.807, 2.05) is 26.0 Å². The minimum absolute atomic E-state index is 0.0105. The van der Waals surface area contributed by atoms with Gasteiger partial charge < -0.3 is 10.8 Å². The number of phenols is 1. The fourth-order valence-electron chi connectivity index (χ4n) is 2.00. The normalized spacial score (nSPS) is 11.6. The lowest BCUT2D eigenvalue weighted by atomic mass is 10.0. The summed E-state index contributed by atoms with van der Waals surface area (Å²) in [6.45, 7) is 3.98. The highest BCUT2D eigenvalue weighted by Crippen LogP contribution is 2.28. The number of nitrogens with two attached hydrogens (primary N) is 1. The van der Waals surface area contributed by atoms with Gasteiger partial charge in [-0.1, -0.05) is 32.0 Å². The van der Waals surface area contributed by atoms with Crippen LogP contribution in [0, 0.1) is 0 Å². The van der Waals surface area contributed by atoms with Crippen LogP contribution in [0.3, 0.4) is 0 Å². The summed E-state index contributed by atoms with van der Waals surface area (Å²) in [5.41, 5.74) is 7.02. The molecule has 0 bridgehead atoms. The fourth-order valence-corrected chi connectivity index (χ4v) is 3.12. The maximum Gasteiger partial charge on any atom is 0.261 e. The van der Waals surface area contributed by atoms with Crippen molar-refractivity contribution in [3.8, 4) is 5.75 Å². The summed E-state index contributed by atoms with van der Waals surface area (Å²) >= 11 is 0. The molecular formula is C15H18N2O3S. The number of benzene rings is 2. The van der Waals surface area contributed by atoms with Crippen molar-refractivity contribution >= 4 is 21.4 Å². The molecule has 0 amide bonds. The summed E-state index contributed by atoms with van der Waals surface area (Å²) in [7, 11) is -3.75. The Morgan fingerprint density at radius 3 is 2.43 bits per heavy atom. The van der Waals surface area contributed by atoms with E-state index in [2.05, 4.69) is 4.72 Å². The van der Waals surface area contributed by atoms with E-state index < -0.39 is 10.0 Å². The van der Waals surface area contributed by atoms with Crippen molar-refractivity contribution in [2.45, 2.75) is 24.7 Å². The minimum Gasteiger partial charge on any atom is -0.506 e. The average molecular weight is 306 g/mol. The predicted molar refractivity (Wildman–Crippen MR) is 83.9 cm³/mol. The standard InChI is InChI=1S/C15H18N2O3S/c1-10(2)12-5-3-4-6-14(12)17-21(19,20)11-7-8-15(18)13(16)9-11/h3-10,17-18H,16H2,1-2H3. The lowest BCUT2D eigenvalue weighted by Crippen LogP contribution is -2.14. The number of anilines is 2. The molecule has 2 aromatic rings. The molecule has 0 aromatic heterocycles. The SMILES string of the molecule is CC(C)c1ccccc1NS(=O)(=O)c1ccc(O)c(N)c1. The average Bonchev–Trinajstić information content (AvgIpc) is 2.41. The lowest BCUT2D eigenvalue weighted by molar-refractivity contribution is 0.477. The van der Waals surface area contributed by atoms with Gasteiger partial charge in [-0.25, -0.2) is 8.42 Å². The summed E-state index contributed by atoms with van der Waals surface area (Å²) < 4.78 is 27.3. The van der Waals surface area contributed by atoms with E-state index >= 15 is 0 Å². The summed E-state index contributed by atoms with van der Waals surface area (Å²) in [6.07, 6.45) is 0. The van der Waals surface area contributed by atoms with Gasteiger partial charge in [-0.15, -0.1) is 0 Å². The molecule has 0 unspecified atom stereocenters. The summed E-state index contributed by atoms with van der Waals surface area (Å²) in [4.78, 5) is 0.0105. The molecule has 0 saturated heterocycles. The molecule has 0 saturated carbocycles. The van der Waals surface area contributed by atoms with Crippen molar-refractivity contribution < 1.29 is 13.5 Å². The molecule has 0 spiro atoms. The third-order valence-electron chi connectivity index (χ3n) is 3.14. The quantitative estimate of drug-likeness (QED) is 0.598. The van der Waals surface area contributed by atoms with Crippen LogP contribution in [0.4, 0.5) is 11.4 Å². The van der Waals surface area contributed by atoms with Crippen LogP contribution in [0.5, 0.6) is 5.75 Å². The number of aromatic hydroxyl groups is 1. The smallest absolute Gasteiger partial charge is 0.261 e.